The zero-order chi connectivity index (χ0) is 28.0. The van der Waals surface area contributed by atoms with Crippen molar-refractivity contribution in [1.82, 2.24) is 19.7 Å². The summed E-state index contributed by atoms with van der Waals surface area (Å²) >= 11 is 6.44. The third-order valence-corrected chi connectivity index (χ3v) is 8.34. The molecule has 3 N–H and O–H groups in total. The highest BCUT2D eigenvalue weighted by molar-refractivity contribution is 6.33. The Morgan fingerprint density at radius 2 is 1.93 bits per heavy atom. The average Bonchev–Trinajstić information content (AvgIpc) is 3.63. The quantitative estimate of drug-likeness (QED) is 0.267. The molecular weight excluding hydrogens is 532 g/mol. The number of anilines is 1. The number of rotatable bonds is 11. The van der Waals surface area contributed by atoms with Gasteiger partial charge >= 0.3 is 0 Å². The Morgan fingerprint density at radius 3 is 2.62 bits per heavy atom. The summed E-state index contributed by atoms with van der Waals surface area (Å²) in [7, 11) is 0. The highest BCUT2D eigenvalue weighted by Gasteiger charge is 2.42. The Morgan fingerprint density at radius 1 is 1.15 bits per heavy atom. The minimum Gasteiger partial charge on any atom is -0.385 e. The average molecular weight is 561 g/mol. The zero-order valence-corrected chi connectivity index (χ0v) is 22.5. The maximum Gasteiger partial charge on any atom is 0.262 e. The molecular formula is C29H29ClN6O4. The highest BCUT2D eigenvalue weighted by atomic mass is 35.5. The maximum absolute atomic E-state index is 13.0. The Balaban J connectivity index is 1.09. The number of hydrogen-bond donors (Lipinski definition) is 2. The molecule has 3 amide bonds. The Labute approximate surface area is 235 Å². The lowest BCUT2D eigenvalue weighted by Gasteiger charge is -2.35. The molecule has 0 saturated heterocycles. The lowest BCUT2D eigenvalue weighted by atomic mass is 9.80. The maximum atomic E-state index is 13.0. The van der Waals surface area contributed by atoms with Crippen LogP contribution in [0.3, 0.4) is 0 Å². The van der Waals surface area contributed by atoms with E-state index in [-0.39, 0.29) is 24.0 Å². The highest BCUT2D eigenvalue weighted by Crippen LogP contribution is 2.46. The van der Waals surface area contributed by atoms with Crippen LogP contribution in [-0.4, -0.2) is 56.3 Å². The molecule has 3 aliphatic rings. The van der Waals surface area contributed by atoms with Crippen LogP contribution in [-0.2, 0) is 9.59 Å². The monoisotopic (exact) mass is 560 g/mol. The predicted octanol–water partition coefficient (Wildman–Crippen LogP) is 3.97. The molecule has 1 aromatic carbocycles. The van der Waals surface area contributed by atoms with E-state index < -0.39 is 23.8 Å². The minimum atomic E-state index is -1.15. The van der Waals surface area contributed by atoms with Crippen LogP contribution in [0.1, 0.15) is 76.9 Å². The van der Waals surface area contributed by atoms with Crippen molar-refractivity contribution in [2.75, 3.05) is 11.9 Å². The number of carbonyl (C=O) groups is 4. The van der Waals surface area contributed by atoms with Gasteiger partial charge in [0.25, 0.3) is 11.8 Å². The Kier molecular flexibility index (Phi) is 6.87. The number of nitrogens with two attached hydrogens (primary N) is 1. The van der Waals surface area contributed by atoms with Crippen molar-refractivity contribution >= 4 is 41.3 Å². The third kappa shape index (κ3) is 4.77. The van der Waals surface area contributed by atoms with Crippen LogP contribution in [0.2, 0.25) is 5.02 Å². The van der Waals surface area contributed by atoms with Gasteiger partial charge in [0.05, 0.1) is 33.6 Å². The molecule has 10 nitrogen and oxygen atoms in total. The fraction of sp³-hybridized carbons (Fsp3) is 0.379. The summed E-state index contributed by atoms with van der Waals surface area (Å²) in [6.07, 6.45) is 8.70. The molecule has 0 radical (unpaired) electrons. The van der Waals surface area contributed by atoms with Crippen molar-refractivity contribution in [2.45, 2.75) is 56.5 Å². The third-order valence-electron chi connectivity index (χ3n) is 8.03. The smallest absolute Gasteiger partial charge is 0.262 e. The van der Waals surface area contributed by atoms with E-state index >= 15 is 0 Å². The van der Waals surface area contributed by atoms with Crippen LogP contribution < -0.4 is 11.1 Å². The number of benzene rings is 1. The molecule has 2 fully saturated rings. The molecule has 2 saturated carbocycles. The Bertz CT molecular complexity index is 1510. The Hall–Kier alpha value is -4.05. The predicted molar refractivity (Wildman–Crippen MR) is 148 cm³/mol. The van der Waals surface area contributed by atoms with Crippen molar-refractivity contribution in [1.29, 1.82) is 0 Å². The zero-order valence-electron chi connectivity index (χ0n) is 21.8. The van der Waals surface area contributed by atoms with E-state index in [9.17, 15) is 19.2 Å². The molecule has 206 valence electrons. The van der Waals surface area contributed by atoms with E-state index in [0.29, 0.717) is 35.7 Å². The van der Waals surface area contributed by atoms with Gasteiger partial charge in [0.2, 0.25) is 5.91 Å². The first-order chi connectivity index (χ1) is 19.4. The summed E-state index contributed by atoms with van der Waals surface area (Å²) in [5.74, 6) is -1.06. The minimum absolute atomic E-state index is 0.00699. The second-order valence-electron chi connectivity index (χ2n) is 10.8. The van der Waals surface area contributed by atoms with E-state index in [0.717, 1.165) is 53.2 Å². The molecule has 1 unspecified atom stereocenters. The first-order valence-electron chi connectivity index (χ1n) is 13.5. The van der Waals surface area contributed by atoms with Gasteiger partial charge in [-0.05, 0) is 68.4 Å². The van der Waals surface area contributed by atoms with Crippen molar-refractivity contribution in [3.8, 4) is 11.3 Å². The second-order valence-corrected chi connectivity index (χ2v) is 11.2. The normalized spacial score (nSPS) is 20.7. The first-order valence-corrected chi connectivity index (χ1v) is 13.9. The molecule has 2 aromatic heterocycles. The molecule has 0 spiro atoms. The van der Waals surface area contributed by atoms with E-state index in [1.165, 1.54) is 0 Å². The molecule has 3 aromatic rings. The van der Waals surface area contributed by atoms with Gasteiger partial charge in [-0.3, -0.25) is 28.9 Å². The van der Waals surface area contributed by atoms with Gasteiger partial charge in [-0.1, -0.05) is 11.6 Å². The fourth-order valence-electron chi connectivity index (χ4n) is 5.64. The number of halogens is 1. The van der Waals surface area contributed by atoms with Gasteiger partial charge in [0.15, 0.2) is 0 Å². The van der Waals surface area contributed by atoms with Gasteiger partial charge in [0.1, 0.15) is 12.3 Å². The summed E-state index contributed by atoms with van der Waals surface area (Å²) in [5.41, 5.74) is 9.49. The molecule has 6 rings (SSSR count). The standard InChI is InChI=1S/C29H29ClN6O4/c30-23-3-1-9-32-26(23)22-15-35(34-25(22)17-5-6-17)19-11-16(12-19)14-33-18-7-8-20-21(13-18)29(40)36(28(20)39)24(27(31)38)4-2-10-37/h1,3,7-10,13,15-17,19,24,33H,2,4-6,11-12,14H2,(H2,31,38). The molecule has 3 heterocycles. The van der Waals surface area contributed by atoms with Crippen molar-refractivity contribution < 1.29 is 19.2 Å². The summed E-state index contributed by atoms with van der Waals surface area (Å²) in [5, 5.41) is 8.96. The number of nitrogens with one attached hydrogen (secondary N) is 1. The molecule has 1 atom stereocenters. The molecule has 1 aliphatic heterocycles. The number of carbonyl (C=O) groups excluding carboxylic acids is 4. The van der Waals surface area contributed by atoms with Crippen LogP contribution in [0.5, 0.6) is 0 Å². The van der Waals surface area contributed by atoms with E-state index in [1.54, 1.807) is 24.4 Å². The van der Waals surface area contributed by atoms with Crippen LogP contribution in [0.25, 0.3) is 11.3 Å². The van der Waals surface area contributed by atoms with Crippen LogP contribution in [0, 0.1) is 5.92 Å². The largest absolute Gasteiger partial charge is 0.385 e. The van der Waals surface area contributed by atoms with Crippen LogP contribution >= 0.6 is 11.6 Å². The number of nitrogens with zero attached hydrogens (tertiary/aromatic N) is 4. The fourth-order valence-corrected chi connectivity index (χ4v) is 5.86. The van der Waals surface area contributed by atoms with Gasteiger partial charge in [-0.2, -0.15) is 5.10 Å². The number of imide groups is 1. The summed E-state index contributed by atoms with van der Waals surface area (Å²) in [6, 6.07) is 7.81. The van der Waals surface area contributed by atoms with E-state index in [1.807, 2.05) is 12.1 Å². The summed E-state index contributed by atoms with van der Waals surface area (Å²) < 4.78 is 2.07. The number of fused-ring (bicyclic) bond motifs is 1. The van der Waals surface area contributed by atoms with Crippen molar-refractivity contribution in [2.24, 2.45) is 11.7 Å². The number of hydrogen-bond acceptors (Lipinski definition) is 7. The van der Waals surface area contributed by atoms with Crippen molar-refractivity contribution in [3.05, 3.63) is 64.6 Å². The van der Waals surface area contributed by atoms with Crippen LogP contribution in [0.4, 0.5) is 5.69 Å². The van der Waals surface area contributed by atoms with Crippen molar-refractivity contribution in [3.63, 3.8) is 0 Å². The van der Waals surface area contributed by atoms with Gasteiger partial charge in [0, 0.05) is 42.5 Å². The topological polar surface area (TPSA) is 140 Å². The number of aromatic nitrogens is 3. The second kappa shape index (κ2) is 10.5. The van der Waals surface area contributed by atoms with Gasteiger partial charge < -0.3 is 15.8 Å². The lowest BCUT2D eigenvalue weighted by Crippen LogP contribution is -2.47. The molecule has 11 heteroatoms. The molecule has 0 bridgehead atoms. The number of pyridine rings is 1. The van der Waals surface area contributed by atoms with E-state index in [2.05, 4.69) is 21.2 Å². The van der Waals surface area contributed by atoms with E-state index in [4.69, 9.17) is 22.4 Å². The summed E-state index contributed by atoms with van der Waals surface area (Å²) in [6.45, 7) is 0.708. The molecule has 2 aliphatic carbocycles. The number of aldehydes is 1. The number of primary amides is 1. The number of amides is 3. The first kappa shape index (κ1) is 26.2. The van der Waals surface area contributed by atoms with Crippen LogP contribution in [0.15, 0.2) is 42.7 Å². The summed E-state index contributed by atoms with van der Waals surface area (Å²) in [4.78, 5) is 54.0. The molecule has 40 heavy (non-hydrogen) atoms. The SMILES string of the molecule is NC(=O)C(CCC=O)N1C(=O)c2ccc(NCC3CC(n4cc(-c5ncccc5Cl)c(C5CC5)n4)C3)cc2C1=O. The van der Waals surface area contributed by atoms with Gasteiger partial charge in [-0.25, -0.2) is 0 Å². The lowest BCUT2D eigenvalue weighted by molar-refractivity contribution is -0.122. The van der Waals surface area contributed by atoms with Gasteiger partial charge in [-0.15, -0.1) is 0 Å².